The van der Waals surface area contributed by atoms with Crippen molar-refractivity contribution in [1.82, 2.24) is 9.55 Å². The number of imidazole rings is 1. The third-order valence-electron chi connectivity index (χ3n) is 3.05. The average Bonchev–Trinajstić information content (AvgIpc) is 2.79. The molecule has 0 saturated heterocycles. The summed E-state index contributed by atoms with van der Waals surface area (Å²) in [5.41, 5.74) is 2.20. The zero-order valence-corrected chi connectivity index (χ0v) is 12.0. The maximum absolute atomic E-state index is 5.68. The lowest BCUT2D eigenvalue weighted by molar-refractivity contribution is 0.341. The molecule has 0 radical (unpaired) electrons. The summed E-state index contributed by atoms with van der Waals surface area (Å²) in [4.78, 5) is 4.36. The largest absolute Gasteiger partial charge is 0.492 e. The minimum atomic E-state index is 0.127. The highest BCUT2D eigenvalue weighted by Gasteiger charge is 2.12. The SMILES string of the molecule is CCOc1cc(C)ccc1NC(C)c1nccn1C. The zero-order valence-electron chi connectivity index (χ0n) is 12.0. The van der Waals surface area contributed by atoms with Gasteiger partial charge in [0.05, 0.1) is 18.3 Å². The quantitative estimate of drug-likeness (QED) is 0.895. The van der Waals surface area contributed by atoms with Crippen LogP contribution in [0.2, 0.25) is 0 Å². The molecule has 0 spiro atoms. The van der Waals surface area contributed by atoms with Crippen molar-refractivity contribution in [2.75, 3.05) is 11.9 Å². The summed E-state index contributed by atoms with van der Waals surface area (Å²) in [6.45, 7) is 6.82. The molecule has 1 unspecified atom stereocenters. The Hall–Kier alpha value is -1.97. The fraction of sp³-hybridized carbons (Fsp3) is 0.400. The van der Waals surface area contributed by atoms with Gasteiger partial charge in [0.2, 0.25) is 0 Å². The maximum atomic E-state index is 5.68. The van der Waals surface area contributed by atoms with Crippen molar-refractivity contribution in [3.05, 3.63) is 42.0 Å². The highest BCUT2D eigenvalue weighted by atomic mass is 16.5. The molecule has 1 atom stereocenters. The monoisotopic (exact) mass is 259 g/mol. The first-order chi connectivity index (χ1) is 9.11. The van der Waals surface area contributed by atoms with E-state index in [-0.39, 0.29) is 6.04 Å². The van der Waals surface area contributed by atoms with E-state index in [0.29, 0.717) is 6.61 Å². The molecule has 1 heterocycles. The van der Waals surface area contributed by atoms with Gasteiger partial charge in [-0.05, 0) is 38.5 Å². The average molecular weight is 259 g/mol. The minimum Gasteiger partial charge on any atom is -0.492 e. The van der Waals surface area contributed by atoms with Gasteiger partial charge >= 0.3 is 0 Å². The second-order valence-electron chi connectivity index (χ2n) is 4.69. The Morgan fingerprint density at radius 2 is 2.21 bits per heavy atom. The van der Waals surface area contributed by atoms with Crippen molar-refractivity contribution in [1.29, 1.82) is 0 Å². The van der Waals surface area contributed by atoms with E-state index >= 15 is 0 Å². The first-order valence-corrected chi connectivity index (χ1v) is 6.59. The number of aromatic nitrogens is 2. The fourth-order valence-corrected chi connectivity index (χ4v) is 2.12. The van der Waals surface area contributed by atoms with Crippen molar-refractivity contribution >= 4 is 5.69 Å². The van der Waals surface area contributed by atoms with Crippen LogP contribution in [-0.4, -0.2) is 16.2 Å². The Balaban J connectivity index is 2.21. The highest BCUT2D eigenvalue weighted by Crippen LogP contribution is 2.29. The lowest BCUT2D eigenvalue weighted by atomic mass is 10.2. The van der Waals surface area contributed by atoms with E-state index in [9.17, 15) is 0 Å². The van der Waals surface area contributed by atoms with E-state index in [1.807, 2.05) is 30.9 Å². The zero-order chi connectivity index (χ0) is 13.8. The first-order valence-electron chi connectivity index (χ1n) is 6.59. The standard InChI is InChI=1S/C15H21N3O/c1-5-19-14-10-11(2)6-7-13(14)17-12(3)15-16-8-9-18(15)4/h6-10,12,17H,5H2,1-4H3. The summed E-state index contributed by atoms with van der Waals surface area (Å²) >= 11 is 0. The second-order valence-corrected chi connectivity index (χ2v) is 4.69. The Morgan fingerprint density at radius 1 is 1.42 bits per heavy atom. The summed E-state index contributed by atoms with van der Waals surface area (Å²) in [6, 6.07) is 6.31. The summed E-state index contributed by atoms with van der Waals surface area (Å²) in [5.74, 6) is 1.89. The number of hydrogen-bond donors (Lipinski definition) is 1. The predicted octanol–water partition coefficient (Wildman–Crippen LogP) is 3.30. The van der Waals surface area contributed by atoms with Gasteiger partial charge in [-0.2, -0.15) is 0 Å². The van der Waals surface area contributed by atoms with Crippen molar-refractivity contribution in [2.45, 2.75) is 26.8 Å². The third-order valence-corrected chi connectivity index (χ3v) is 3.05. The molecule has 1 aromatic heterocycles. The molecule has 0 aliphatic carbocycles. The smallest absolute Gasteiger partial charge is 0.142 e. The van der Waals surface area contributed by atoms with Crippen molar-refractivity contribution < 1.29 is 4.74 Å². The second kappa shape index (κ2) is 5.78. The van der Waals surface area contributed by atoms with Crippen LogP contribution < -0.4 is 10.1 Å². The Labute approximate surface area is 114 Å². The molecule has 4 nitrogen and oxygen atoms in total. The molecule has 2 rings (SSSR count). The van der Waals surface area contributed by atoms with Crippen molar-refractivity contribution in [3.8, 4) is 5.75 Å². The molecule has 1 N–H and O–H groups in total. The Morgan fingerprint density at radius 3 is 2.84 bits per heavy atom. The first kappa shape index (κ1) is 13.5. The lowest BCUT2D eigenvalue weighted by Gasteiger charge is -2.18. The van der Waals surface area contributed by atoms with E-state index < -0.39 is 0 Å². The molecule has 0 saturated carbocycles. The number of hydrogen-bond acceptors (Lipinski definition) is 3. The predicted molar refractivity (Wildman–Crippen MR) is 77.6 cm³/mol. The fourth-order valence-electron chi connectivity index (χ4n) is 2.12. The number of rotatable bonds is 5. The van der Waals surface area contributed by atoms with Crippen LogP contribution in [0.25, 0.3) is 0 Å². The van der Waals surface area contributed by atoms with Crippen LogP contribution in [0.15, 0.2) is 30.6 Å². The summed E-state index contributed by atoms with van der Waals surface area (Å²) in [6.07, 6.45) is 3.76. The summed E-state index contributed by atoms with van der Waals surface area (Å²) < 4.78 is 7.70. The third kappa shape index (κ3) is 3.08. The van der Waals surface area contributed by atoms with Gasteiger partial charge in [-0.25, -0.2) is 4.98 Å². The molecule has 19 heavy (non-hydrogen) atoms. The van der Waals surface area contributed by atoms with Crippen LogP contribution in [0, 0.1) is 6.92 Å². The molecule has 1 aromatic carbocycles. The van der Waals surface area contributed by atoms with E-state index in [1.54, 1.807) is 0 Å². The van der Waals surface area contributed by atoms with Gasteiger partial charge in [0.15, 0.2) is 0 Å². The van der Waals surface area contributed by atoms with Crippen LogP contribution in [0.1, 0.15) is 31.3 Å². The van der Waals surface area contributed by atoms with E-state index in [1.165, 1.54) is 5.56 Å². The van der Waals surface area contributed by atoms with Crippen LogP contribution in [-0.2, 0) is 7.05 Å². The topological polar surface area (TPSA) is 39.1 Å². The molecule has 0 aliphatic rings. The lowest BCUT2D eigenvalue weighted by Crippen LogP contribution is -2.12. The summed E-state index contributed by atoms with van der Waals surface area (Å²) in [7, 11) is 2.00. The molecular weight excluding hydrogens is 238 g/mol. The van der Waals surface area contributed by atoms with Crippen molar-refractivity contribution in [3.63, 3.8) is 0 Å². The van der Waals surface area contributed by atoms with Gasteiger partial charge in [-0.3, -0.25) is 0 Å². The van der Waals surface area contributed by atoms with Crippen molar-refractivity contribution in [2.24, 2.45) is 7.05 Å². The van der Waals surface area contributed by atoms with Crippen LogP contribution in [0.3, 0.4) is 0 Å². The van der Waals surface area contributed by atoms with Crippen LogP contribution >= 0.6 is 0 Å². The Bertz CT molecular complexity index is 548. The normalized spacial score (nSPS) is 12.2. The number of anilines is 1. The molecule has 0 aliphatic heterocycles. The summed E-state index contributed by atoms with van der Waals surface area (Å²) in [5, 5.41) is 3.46. The van der Waals surface area contributed by atoms with Crippen LogP contribution in [0.5, 0.6) is 5.75 Å². The molecule has 0 bridgehead atoms. The Kier molecular flexibility index (Phi) is 4.10. The maximum Gasteiger partial charge on any atom is 0.142 e. The number of aryl methyl sites for hydroxylation is 2. The number of nitrogens with one attached hydrogen (secondary N) is 1. The number of nitrogens with zero attached hydrogens (tertiary/aromatic N) is 2. The van der Waals surface area contributed by atoms with Gasteiger partial charge in [-0.1, -0.05) is 6.07 Å². The highest BCUT2D eigenvalue weighted by molar-refractivity contribution is 5.58. The number of ether oxygens (including phenoxy) is 1. The minimum absolute atomic E-state index is 0.127. The number of benzene rings is 1. The van der Waals surface area contributed by atoms with Crippen LogP contribution in [0.4, 0.5) is 5.69 Å². The molecule has 0 fully saturated rings. The molecule has 102 valence electrons. The van der Waals surface area contributed by atoms with Gasteiger partial charge in [0.25, 0.3) is 0 Å². The molecule has 2 aromatic rings. The van der Waals surface area contributed by atoms with Gasteiger partial charge in [0.1, 0.15) is 11.6 Å². The van der Waals surface area contributed by atoms with E-state index in [2.05, 4.69) is 42.3 Å². The van der Waals surface area contributed by atoms with E-state index in [4.69, 9.17) is 4.74 Å². The molecule has 4 heteroatoms. The van der Waals surface area contributed by atoms with Gasteiger partial charge < -0.3 is 14.6 Å². The molecular formula is C15H21N3O. The van der Waals surface area contributed by atoms with Gasteiger partial charge in [-0.15, -0.1) is 0 Å². The van der Waals surface area contributed by atoms with E-state index in [0.717, 1.165) is 17.3 Å². The van der Waals surface area contributed by atoms with Gasteiger partial charge in [0, 0.05) is 19.4 Å². The molecule has 0 amide bonds.